The molecule has 3 rings (SSSR count). The molecule has 2 aromatic carbocycles. The van der Waals surface area contributed by atoms with Crippen molar-refractivity contribution in [1.82, 2.24) is 5.32 Å². The maximum atomic E-state index is 12.1. The van der Waals surface area contributed by atoms with Gasteiger partial charge in [0.05, 0.1) is 6.04 Å². The van der Waals surface area contributed by atoms with Crippen molar-refractivity contribution < 1.29 is 13.9 Å². The number of amides is 1. The number of hydrogen-bond donors (Lipinski definition) is 1. The van der Waals surface area contributed by atoms with Gasteiger partial charge in [0.15, 0.2) is 6.61 Å². The van der Waals surface area contributed by atoms with Crippen molar-refractivity contribution >= 4 is 28.5 Å². The maximum Gasteiger partial charge on any atom is 0.336 e. The van der Waals surface area contributed by atoms with Gasteiger partial charge >= 0.3 is 5.63 Å². The molecule has 0 radical (unpaired) electrons. The van der Waals surface area contributed by atoms with E-state index in [1.807, 2.05) is 25.1 Å². The van der Waals surface area contributed by atoms with Crippen LogP contribution in [-0.2, 0) is 4.79 Å². The minimum Gasteiger partial charge on any atom is -0.484 e. The predicted molar refractivity (Wildman–Crippen MR) is 96.0 cm³/mol. The van der Waals surface area contributed by atoms with Crippen LogP contribution >= 0.6 is 11.6 Å². The van der Waals surface area contributed by atoms with Crippen molar-refractivity contribution in [2.45, 2.75) is 13.0 Å². The van der Waals surface area contributed by atoms with Gasteiger partial charge in [-0.15, -0.1) is 0 Å². The lowest BCUT2D eigenvalue weighted by molar-refractivity contribution is -0.123. The Morgan fingerprint density at radius 2 is 1.96 bits per heavy atom. The van der Waals surface area contributed by atoms with E-state index >= 15 is 0 Å². The standard InChI is InChI=1S/C19H16ClNO4/c1-12(15-4-2-3-5-16(15)20)21-18(22)11-24-14-8-6-13-7-9-19(23)25-17(13)10-14/h2-10,12H,11H2,1H3,(H,21,22)/t12-/m1/s1. The summed E-state index contributed by atoms with van der Waals surface area (Å²) in [5.74, 6) is 0.171. The molecule has 128 valence electrons. The summed E-state index contributed by atoms with van der Waals surface area (Å²) in [5, 5.41) is 4.21. The molecular weight excluding hydrogens is 342 g/mol. The molecule has 0 aliphatic heterocycles. The van der Waals surface area contributed by atoms with Crippen LogP contribution in [0.5, 0.6) is 5.75 Å². The van der Waals surface area contributed by atoms with Crippen LogP contribution in [0.3, 0.4) is 0 Å². The van der Waals surface area contributed by atoms with Crippen molar-refractivity contribution in [1.29, 1.82) is 0 Å². The average Bonchev–Trinajstić information content (AvgIpc) is 2.59. The van der Waals surface area contributed by atoms with Crippen molar-refractivity contribution in [3.05, 3.63) is 75.6 Å². The van der Waals surface area contributed by atoms with Gasteiger partial charge in [0.1, 0.15) is 11.3 Å². The summed E-state index contributed by atoms with van der Waals surface area (Å²) >= 11 is 6.13. The normalized spacial score (nSPS) is 11.9. The Balaban J connectivity index is 1.62. The van der Waals surface area contributed by atoms with E-state index in [0.29, 0.717) is 16.4 Å². The van der Waals surface area contributed by atoms with Crippen molar-refractivity contribution in [2.24, 2.45) is 0 Å². The lowest BCUT2D eigenvalue weighted by Crippen LogP contribution is -2.31. The summed E-state index contributed by atoms with van der Waals surface area (Å²) in [4.78, 5) is 23.3. The second-order valence-electron chi connectivity index (χ2n) is 5.55. The summed E-state index contributed by atoms with van der Waals surface area (Å²) < 4.78 is 10.6. The van der Waals surface area contributed by atoms with Gasteiger partial charge in [0.25, 0.3) is 5.91 Å². The highest BCUT2D eigenvalue weighted by molar-refractivity contribution is 6.31. The molecule has 0 unspecified atom stereocenters. The van der Waals surface area contributed by atoms with Gasteiger partial charge in [-0.2, -0.15) is 0 Å². The predicted octanol–water partition coefficient (Wildman–Crippen LogP) is 3.70. The monoisotopic (exact) mass is 357 g/mol. The number of nitrogens with one attached hydrogen (secondary N) is 1. The van der Waals surface area contributed by atoms with Crippen LogP contribution < -0.4 is 15.7 Å². The molecule has 1 heterocycles. The number of halogens is 1. The van der Waals surface area contributed by atoms with E-state index in [-0.39, 0.29) is 18.6 Å². The van der Waals surface area contributed by atoms with Gasteiger partial charge in [-0.05, 0) is 36.8 Å². The Morgan fingerprint density at radius 3 is 2.76 bits per heavy atom. The Hall–Kier alpha value is -2.79. The molecule has 0 bridgehead atoms. The second kappa shape index (κ2) is 7.40. The number of carbonyl (C=O) groups excluding carboxylic acids is 1. The van der Waals surface area contributed by atoms with E-state index in [1.54, 1.807) is 30.3 Å². The molecule has 0 saturated heterocycles. The zero-order valence-electron chi connectivity index (χ0n) is 13.5. The first-order valence-electron chi connectivity index (χ1n) is 7.73. The zero-order chi connectivity index (χ0) is 17.8. The molecule has 6 heteroatoms. The number of ether oxygens (including phenoxy) is 1. The van der Waals surface area contributed by atoms with Crippen molar-refractivity contribution in [2.75, 3.05) is 6.61 Å². The second-order valence-corrected chi connectivity index (χ2v) is 5.96. The molecule has 0 aliphatic carbocycles. The Morgan fingerprint density at radius 1 is 1.20 bits per heavy atom. The molecule has 1 aromatic heterocycles. The summed E-state index contributed by atoms with van der Waals surface area (Å²) in [6, 6.07) is 15.2. The number of fused-ring (bicyclic) bond motifs is 1. The Labute approximate surface area is 149 Å². The summed E-state index contributed by atoms with van der Waals surface area (Å²) in [6.07, 6.45) is 0. The van der Waals surface area contributed by atoms with Gasteiger partial charge in [-0.3, -0.25) is 4.79 Å². The van der Waals surface area contributed by atoms with Gasteiger partial charge in [0.2, 0.25) is 0 Å². The molecule has 0 fully saturated rings. The molecule has 0 spiro atoms. The Bertz CT molecular complexity index is 967. The molecule has 0 saturated carbocycles. The third kappa shape index (κ3) is 4.19. The van der Waals surface area contributed by atoms with E-state index in [9.17, 15) is 9.59 Å². The van der Waals surface area contributed by atoms with Crippen LogP contribution in [0, 0.1) is 0 Å². The van der Waals surface area contributed by atoms with Gasteiger partial charge < -0.3 is 14.5 Å². The smallest absolute Gasteiger partial charge is 0.336 e. The van der Waals surface area contributed by atoms with Gasteiger partial charge in [0, 0.05) is 22.5 Å². The maximum absolute atomic E-state index is 12.1. The summed E-state index contributed by atoms with van der Waals surface area (Å²) in [5.41, 5.74) is 0.816. The Kier molecular flexibility index (Phi) is 5.05. The topological polar surface area (TPSA) is 68.5 Å². The van der Waals surface area contributed by atoms with E-state index in [4.69, 9.17) is 20.8 Å². The lowest BCUT2D eigenvalue weighted by Gasteiger charge is -2.16. The first-order chi connectivity index (χ1) is 12.0. The minimum atomic E-state index is -0.434. The molecule has 3 aromatic rings. The van der Waals surface area contributed by atoms with Gasteiger partial charge in [-0.1, -0.05) is 29.8 Å². The minimum absolute atomic E-state index is 0.155. The fraction of sp³-hybridized carbons (Fsp3) is 0.158. The van der Waals surface area contributed by atoms with Crippen LogP contribution in [0.15, 0.2) is 63.8 Å². The van der Waals surface area contributed by atoms with E-state index in [2.05, 4.69) is 5.32 Å². The van der Waals surface area contributed by atoms with Crippen LogP contribution in [-0.4, -0.2) is 12.5 Å². The van der Waals surface area contributed by atoms with Crippen LogP contribution in [0.4, 0.5) is 0 Å². The zero-order valence-corrected chi connectivity index (χ0v) is 14.2. The van der Waals surface area contributed by atoms with E-state index in [0.717, 1.165) is 10.9 Å². The fourth-order valence-corrected chi connectivity index (χ4v) is 2.77. The molecule has 5 nitrogen and oxygen atoms in total. The number of benzene rings is 2. The van der Waals surface area contributed by atoms with E-state index in [1.165, 1.54) is 6.07 Å². The molecule has 1 atom stereocenters. The number of rotatable bonds is 5. The van der Waals surface area contributed by atoms with Crippen LogP contribution in [0.1, 0.15) is 18.5 Å². The third-order valence-electron chi connectivity index (χ3n) is 3.71. The van der Waals surface area contributed by atoms with Gasteiger partial charge in [-0.25, -0.2) is 4.79 Å². The fourth-order valence-electron chi connectivity index (χ4n) is 2.47. The molecule has 0 aliphatic rings. The van der Waals surface area contributed by atoms with Crippen LogP contribution in [0.25, 0.3) is 11.0 Å². The third-order valence-corrected chi connectivity index (χ3v) is 4.06. The lowest BCUT2D eigenvalue weighted by atomic mass is 10.1. The molecule has 1 N–H and O–H groups in total. The largest absolute Gasteiger partial charge is 0.484 e. The summed E-state index contributed by atoms with van der Waals surface area (Å²) in [6.45, 7) is 1.70. The number of hydrogen-bond acceptors (Lipinski definition) is 4. The van der Waals surface area contributed by atoms with Crippen LogP contribution in [0.2, 0.25) is 5.02 Å². The number of carbonyl (C=O) groups is 1. The highest BCUT2D eigenvalue weighted by atomic mass is 35.5. The SMILES string of the molecule is C[C@@H](NC(=O)COc1ccc2ccc(=O)oc2c1)c1ccccc1Cl. The highest BCUT2D eigenvalue weighted by Gasteiger charge is 2.12. The van der Waals surface area contributed by atoms with E-state index < -0.39 is 5.63 Å². The first-order valence-corrected chi connectivity index (χ1v) is 8.11. The average molecular weight is 358 g/mol. The molecule has 1 amide bonds. The summed E-state index contributed by atoms with van der Waals surface area (Å²) in [7, 11) is 0. The van der Waals surface area contributed by atoms with Crippen molar-refractivity contribution in [3.8, 4) is 5.75 Å². The molecular formula is C19H16ClNO4. The first kappa shape index (κ1) is 17.0. The molecule has 25 heavy (non-hydrogen) atoms. The quantitative estimate of drug-likeness (QED) is 0.707. The van der Waals surface area contributed by atoms with Crippen molar-refractivity contribution in [3.63, 3.8) is 0 Å². The highest BCUT2D eigenvalue weighted by Crippen LogP contribution is 2.22.